The second-order valence-corrected chi connectivity index (χ2v) is 7.25. The molecular weight excluding hydrogens is 395 g/mol. The zero-order valence-corrected chi connectivity index (χ0v) is 17.7. The van der Waals surface area contributed by atoms with E-state index >= 15 is 0 Å². The Labute approximate surface area is 180 Å². The fraction of sp³-hybridized carbons (Fsp3) is 0.192. The third kappa shape index (κ3) is 3.79. The summed E-state index contributed by atoms with van der Waals surface area (Å²) in [4.78, 5) is 13.7. The van der Waals surface area contributed by atoms with Gasteiger partial charge >= 0.3 is 0 Å². The molecule has 0 saturated carbocycles. The molecule has 158 valence electrons. The molecule has 0 aliphatic heterocycles. The van der Waals surface area contributed by atoms with Crippen LogP contribution in [0.15, 0.2) is 60.7 Å². The van der Waals surface area contributed by atoms with Gasteiger partial charge in [0, 0.05) is 16.7 Å². The highest BCUT2D eigenvalue weighted by Gasteiger charge is 2.28. The molecule has 1 aliphatic carbocycles. The third-order valence-electron chi connectivity index (χ3n) is 5.60. The number of fused-ring (bicyclic) bond motifs is 1. The van der Waals surface area contributed by atoms with Gasteiger partial charge in [-0.05, 0) is 72.0 Å². The minimum atomic E-state index is -0.454. The molecule has 0 aromatic heterocycles. The summed E-state index contributed by atoms with van der Waals surface area (Å²) < 4.78 is 30.4. The van der Waals surface area contributed by atoms with Gasteiger partial charge < -0.3 is 14.2 Å². The maximum absolute atomic E-state index is 14.5. The van der Waals surface area contributed by atoms with E-state index in [1.54, 1.807) is 50.6 Å². The lowest BCUT2D eigenvalue weighted by Gasteiger charge is -2.25. The Morgan fingerprint density at radius 1 is 0.806 bits per heavy atom. The van der Waals surface area contributed by atoms with Crippen LogP contribution in [-0.4, -0.2) is 27.1 Å². The van der Waals surface area contributed by atoms with Gasteiger partial charge in [-0.2, -0.15) is 0 Å². The van der Waals surface area contributed by atoms with E-state index in [0.717, 1.165) is 22.4 Å². The highest BCUT2D eigenvalue weighted by Crippen LogP contribution is 2.43. The van der Waals surface area contributed by atoms with Crippen LogP contribution in [0, 0.1) is 5.82 Å². The summed E-state index contributed by atoms with van der Waals surface area (Å²) in [6, 6.07) is 17.5. The van der Waals surface area contributed by atoms with Gasteiger partial charge in [0.2, 0.25) is 0 Å². The first-order chi connectivity index (χ1) is 15.1. The van der Waals surface area contributed by atoms with Crippen molar-refractivity contribution < 1.29 is 23.4 Å². The van der Waals surface area contributed by atoms with Crippen molar-refractivity contribution in [2.24, 2.45) is 0 Å². The van der Waals surface area contributed by atoms with Crippen LogP contribution in [0.2, 0.25) is 0 Å². The molecule has 0 N–H and O–H groups in total. The van der Waals surface area contributed by atoms with Gasteiger partial charge in [0.1, 0.15) is 11.5 Å². The molecule has 31 heavy (non-hydrogen) atoms. The van der Waals surface area contributed by atoms with Crippen LogP contribution in [0.5, 0.6) is 17.2 Å². The largest absolute Gasteiger partial charge is 0.497 e. The number of methoxy groups -OCH3 is 3. The minimum absolute atomic E-state index is 0.130. The smallest absolute Gasteiger partial charge is 0.193 e. The van der Waals surface area contributed by atoms with Crippen molar-refractivity contribution in [1.29, 1.82) is 0 Å². The Hall–Kier alpha value is -3.60. The topological polar surface area (TPSA) is 44.8 Å². The maximum Gasteiger partial charge on any atom is 0.193 e. The Bertz CT molecular complexity index is 1160. The third-order valence-corrected chi connectivity index (χ3v) is 5.60. The van der Waals surface area contributed by atoms with Crippen LogP contribution < -0.4 is 14.2 Å². The first kappa shape index (κ1) is 20.7. The lowest BCUT2D eigenvalue weighted by atomic mass is 9.79. The molecule has 0 bridgehead atoms. The number of Topliss-reactive ketones (excluding diaryl/α,β-unsaturated/α-hetero) is 1. The van der Waals surface area contributed by atoms with Gasteiger partial charge in [0.05, 0.1) is 21.3 Å². The molecule has 0 spiro atoms. The second-order valence-electron chi connectivity index (χ2n) is 7.25. The van der Waals surface area contributed by atoms with Crippen molar-refractivity contribution in [3.8, 4) is 17.2 Å². The molecule has 0 amide bonds. The number of allylic oxidation sites excluding steroid dienone is 2. The maximum atomic E-state index is 14.5. The molecule has 3 aromatic rings. The van der Waals surface area contributed by atoms with Gasteiger partial charge in [0.25, 0.3) is 0 Å². The van der Waals surface area contributed by atoms with E-state index in [1.807, 2.05) is 18.2 Å². The van der Waals surface area contributed by atoms with Gasteiger partial charge in [0.15, 0.2) is 17.3 Å². The number of hydrogen-bond donors (Lipinski definition) is 0. The summed E-state index contributed by atoms with van der Waals surface area (Å²) >= 11 is 0. The molecule has 0 radical (unpaired) electrons. The highest BCUT2D eigenvalue weighted by atomic mass is 19.1. The van der Waals surface area contributed by atoms with Crippen molar-refractivity contribution in [2.45, 2.75) is 12.8 Å². The summed E-state index contributed by atoms with van der Waals surface area (Å²) in [5.74, 6) is 0.974. The molecule has 5 heteroatoms. The fourth-order valence-corrected chi connectivity index (χ4v) is 4.06. The SMILES string of the molecule is COc1ccc(C(=O)C2=C(c3cccc(F)c3OC)CCc3cc(OC)ccc32)cc1. The number of rotatable bonds is 6. The quantitative estimate of drug-likeness (QED) is 0.490. The Morgan fingerprint density at radius 2 is 1.52 bits per heavy atom. The van der Waals surface area contributed by atoms with Crippen LogP contribution in [0.3, 0.4) is 0 Å². The highest BCUT2D eigenvalue weighted by molar-refractivity contribution is 6.35. The van der Waals surface area contributed by atoms with E-state index in [2.05, 4.69) is 0 Å². The molecule has 4 nitrogen and oxygen atoms in total. The van der Waals surface area contributed by atoms with Crippen molar-refractivity contribution in [2.75, 3.05) is 21.3 Å². The molecule has 4 rings (SSSR count). The van der Waals surface area contributed by atoms with Crippen LogP contribution in [0.1, 0.15) is 33.5 Å². The van der Waals surface area contributed by atoms with Gasteiger partial charge in [-0.1, -0.05) is 18.2 Å². The van der Waals surface area contributed by atoms with E-state index in [4.69, 9.17) is 14.2 Å². The zero-order chi connectivity index (χ0) is 22.0. The van der Waals surface area contributed by atoms with Crippen molar-refractivity contribution >= 4 is 16.9 Å². The summed E-state index contributed by atoms with van der Waals surface area (Å²) in [6.07, 6.45) is 1.29. The van der Waals surface area contributed by atoms with E-state index < -0.39 is 5.82 Å². The standard InChI is InChI=1S/C26H23FO4/c1-29-18-10-7-16(8-11-18)25(28)24-20-14-12-19(30-2)15-17(20)9-13-21(24)22-5-4-6-23(27)26(22)31-3/h4-8,10-12,14-15H,9,13H2,1-3H3. The van der Waals surface area contributed by atoms with Gasteiger partial charge in [-0.25, -0.2) is 4.39 Å². The normalized spacial score (nSPS) is 12.9. The van der Waals surface area contributed by atoms with Crippen LogP contribution >= 0.6 is 0 Å². The van der Waals surface area contributed by atoms with E-state index in [0.29, 0.717) is 35.3 Å². The zero-order valence-electron chi connectivity index (χ0n) is 17.7. The summed E-state index contributed by atoms with van der Waals surface area (Å²) in [5.41, 5.74) is 4.31. The summed E-state index contributed by atoms with van der Waals surface area (Å²) in [5, 5.41) is 0. The Morgan fingerprint density at radius 3 is 2.19 bits per heavy atom. The molecule has 0 saturated heterocycles. The molecule has 1 aliphatic rings. The monoisotopic (exact) mass is 418 g/mol. The minimum Gasteiger partial charge on any atom is -0.497 e. The van der Waals surface area contributed by atoms with Crippen LogP contribution in [0.4, 0.5) is 4.39 Å². The Kier molecular flexibility index (Phi) is 5.76. The van der Waals surface area contributed by atoms with Crippen molar-refractivity contribution in [3.05, 3.63) is 88.7 Å². The predicted octanol–water partition coefficient (Wildman–Crippen LogP) is 5.59. The predicted molar refractivity (Wildman–Crippen MR) is 118 cm³/mol. The number of benzene rings is 3. The average Bonchev–Trinajstić information content (AvgIpc) is 2.82. The van der Waals surface area contributed by atoms with Crippen LogP contribution in [-0.2, 0) is 6.42 Å². The summed E-state index contributed by atoms with van der Waals surface area (Å²) in [7, 11) is 4.64. The molecule has 0 heterocycles. The van der Waals surface area contributed by atoms with E-state index in [-0.39, 0.29) is 11.5 Å². The first-order valence-electron chi connectivity index (χ1n) is 9.99. The number of halogens is 1. The first-order valence-corrected chi connectivity index (χ1v) is 9.99. The lowest BCUT2D eigenvalue weighted by Crippen LogP contribution is -2.13. The second kappa shape index (κ2) is 8.64. The number of ketones is 1. The van der Waals surface area contributed by atoms with Gasteiger partial charge in [-0.15, -0.1) is 0 Å². The number of ether oxygens (including phenoxy) is 3. The number of carbonyl (C=O) groups is 1. The fourth-order valence-electron chi connectivity index (χ4n) is 4.06. The van der Waals surface area contributed by atoms with E-state index in [1.165, 1.54) is 13.2 Å². The van der Waals surface area contributed by atoms with Crippen molar-refractivity contribution in [1.82, 2.24) is 0 Å². The molecular formula is C26H23FO4. The molecule has 0 fully saturated rings. The van der Waals surface area contributed by atoms with E-state index in [9.17, 15) is 9.18 Å². The number of para-hydroxylation sites is 1. The molecule has 0 unspecified atom stereocenters. The Balaban J connectivity index is 1.95. The number of aryl methyl sites for hydroxylation is 1. The number of carbonyl (C=O) groups excluding carboxylic acids is 1. The lowest BCUT2D eigenvalue weighted by molar-refractivity contribution is 0.105. The average molecular weight is 418 g/mol. The number of hydrogen-bond acceptors (Lipinski definition) is 4. The van der Waals surface area contributed by atoms with Crippen LogP contribution in [0.25, 0.3) is 11.1 Å². The van der Waals surface area contributed by atoms with Gasteiger partial charge in [-0.3, -0.25) is 4.79 Å². The summed E-state index contributed by atoms with van der Waals surface area (Å²) in [6.45, 7) is 0. The molecule has 3 aromatic carbocycles. The van der Waals surface area contributed by atoms with Crippen molar-refractivity contribution in [3.63, 3.8) is 0 Å². The molecule has 0 atom stereocenters.